The molecule has 0 aliphatic rings. The lowest BCUT2D eigenvalue weighted by Crippen LogP contribution is -1.37. The van der Waals surface area contributed by atoms with Gasteiger partial charge in [0.25, 0.3) is 0 Å². The Morgan fingerprint density at radius 1 is 1.50 bits per heavy atom. The molecule has 0 aliphatic carbocycles. The zero-order valence-electron chi connectivity index (χ0n) is 3.97. The van der Waals surface area contributed by atoms with E-state index in [2.05, 4.69) is 11.6 Å². The van der Waals surface area contributed by atoms with Crippen LogP contribution in [0.3, 0.4) is 0 Å². The highest BCUT2D eigenvalue weighted by molar-refractivity contribution is 7.16. The van der Waals surface area contributed by atoms with E-state index in [0.717, 1.165) is 10.3 Å². The van der Waals surface area contributed by atoms with Crippen molar-refractivity contribution in [3.05, 3.63) is 23.8 Å². The van der Waals surface area contributed by atoms with Crippen LogP contribution < -0.4 is 0 Å². The summed E-state index contributed by atoms with van der Waals surface area (Å²) in [4.78, 5) is 0. The van der Waals surface area contributed by atoms with Crippen molar-refractivity contribution in [2.75, 3.05) is 0 Å². The second kappa shape index (κ2) is 1.36. The highest BCUT2D eigenvalue weighted by Crippen LogP contribution is 2.19. The third-order valence-electron chi connectivity index (χ3n) is 0.961. The number of rotatable bonds is 0. The van der Waals surface area contributed by atoms with Crippen molar-refractivity contribution >= 4 is 21.6 Å². The van der Waals surface area contributed by atoms with E-state index < -0.39 is 0 Å². The summed E-state index contributed by atoms with van der Waals surface area (Å²) in [5.74, 6) is 0. The van der Waals surface area contributed by atoms with Gasteiger partial charge < -0.3 is 4.42 Å². The Kier molecular flexibility index (Phi) is 0.704. The molecule has 2 radical (unpaired) electrons. The summed E-state index contributed by atoms with van der Waals surface area (Å²) in [7, 11) is 0. The summed E-state index contributed by atoms with van der Waals surface area (Å²) >= 11 is 1.54. The molecular weight excluding hydrogens is 120 g/mol. The van der Waals surface area contributed by atoms with Gasteiger partial charge in [-0.15, -0.1) is 11.3 Å². The first-order chi connectivity index (χ1) is 3.97. The smallest absolute Gasteiger partial charge is 0.171 e. The molecule has 0 aliphatic heterocycles. The Labute approximate surface area is 50.5 Å². The largest absolute Gasteiger partial charge is 0.452 e. The summed E-state index contributed by atoms with van der Waals surface area (Å²) in [6.45, 7) is 0. The molecule has 0 atom stereocenters. The Bertz CT molecular complexity index is 230. The van der Waals surface area contributed by atoms with Gasteiger partial charge in [-0.1, -0.05) is 0 Å². The SMILES string of the molecule is [c]1cc2s[c]cc2o1. The lowest BCUT2D eigenvalue weighted by Gasteiger charge is -1.64. The normalized spacial score (nSPS) is 10.5. The van der Waals surface area contributed by atoms with Gasteiger partial charge in [-0.3, -0.25) is 0 Å². The Hall–Kier alpha value is -0.760. The Balaban J connectivity index is 3.06. The summed E-state index contributed by atoms with van der Waals surface area (Å²) in [6, 6.07) is 3.63. The fraction of sp³-hybridized carbons (Fsp3) is 0. The fourth-order valence-electron chi connectivity index (χ4n) is 0.595. The van der Waals surface area contributed by atoms with E-state index >= 15 is 0 Å². The third kappa shape index (κ3) is 0.406. The predicted octanol–water partition coefficient (Wildman–Crippen LogP) is 2.09. The van der Waals surface area contributed by atoms with Gasteiger partial charge in [-0.2, -0.15) is 0 Å². The van der Waals surface area contributed by atoms with Gasteiger partial charge in [0.05, 0.1) is 4.70 Å². The summed E-state index contributed by atoms with van der Waals surface area (Å²) < 4.78 is 6.03. The van der Waals surface area contributed by atoms with Gasteiger partial charge in [0.2, 0.25) is 0 Å². The second-order valence-electron chi connectivity index (χ2n) is 1.46. The summed E-state index contributed by atoms with van der Waals surface area (Å²) in [6.07, 6.45) is 2.63. The molecule has 2 aromatic heterocycles. The van der Waals surface area contributed by atoms with Crippen LogP contribution >= 0.6 is 11.3 Å². The van der Waals surface area contributed by atoms with E-state index in [1.165, 1.54) is 0 Å². The highest BCUT2D eigenvalue weighted by atomic mass is 32.1. The minimum absolute atomic E-state index is 0.884. The lowest BCUT2D eigenvalue weighted by molar-refractivity contribution is 0.606. The van der Waals surface area contributed by atoms with Gasteiger partial charge >= 0.3 is 0 Å². The average Bonchev–Trinajstić information content (AvgIpc) is 2.15. The van der Waals surface area contributed by atoms with Crippen LogP contribution in [0.1, 0.15) is 0 Å². The van der Waals surface area contributed by atoms with Crippen LogP contribution in [0.4, 0.5) is 0 Å². The molecule has 0 unspecified atom stereocenters. The van der Waals surface area contributed by atoms with Crippen molar-refractivity contribution in [1.82, 2.24) is 0 Å². The quantitative estimate of drug-likeness (QED) is 0.521. The van der Waals surface area contributed by atoms with Crippen molar-refractivity contribution in [2.24, 2.45) is 0 Å². The first-order valence-corrected chi connectivity index (χ1v) is 3.04. The molecule has 0 saturated heterocycles. The Morgan fingerprint density at radius 3 is 3.38 bits per heavy atom. The molecule has 2 rings (SSSR count). The number of hydrogen-bond acceptors (Lipinski definition) is 2. The van der Waals surface area contributed by atoms with E-state index in [-0.39, 0.29) is 0 Å². The molecule has 0 N–H and O–H groups in total. The van der Waals surface area contributed by atoms with E-state index in [4.69, 9.17) is 4.42 Å². The van der Waals surface area contributed by atoms with Gasteiger partial charge in [0.1, 0.15) is 5.58 Å². The number of furan rings is 1. The predicted molar refractivity (Wildman–Crippen MR) is 31.8 cm³/mol. The first-order valence-electron chi connectivity index (χ1n) is 2.22. The molecule has 0 aromatic carbocycles. The minimum Gasteiger partial charge on any atom is -0.452 e. The van der Waals surface area contributed by atoms with Crippen LogP contribution in [-0.4, -0.2) is 0 Å². The topological polar surface area (TPSA) is 13.1 Å². The van der Waals surface area contributed by atoms with Crippen LogP contribution in [0.2, 0.25) is 0 Å². The zero-order valence-corrected chi connectivity index (χ0v) is 4.79. The number of hydrogen-bond donors (Lipinski definition) is 0. The zero-order chi connectivity index (χ0) is 5.40. The summed E-state index contributed by atoms with van der Waals surface area (Å²) in [5, 5.41) is 2.95. The van der Waals surface area contributed by atoms with Crippen LogP contribution in [0, 0.1) is 11.6 Å². The molecule has 38 valence electrons. The standard InChI is InChI=1S/C6H2OS/c1-3-7-5-2-4-8-6(1)5/h1-2H. The molecule has 0 bridgehead atoms. The molecule has 0 fully saturated rings. The Morgan fingerprint density at radius 2 is 2.50 bits per heavy atom. The fourth-order valence-corrected chi connectivity index (χ4v) is 1.20. The van der Waals surface area contributed by atoms with E-state index in [9.17, 15) is 0 Å². The molecule has 2 aromatic rings. The molecule has 0 amide bonds. The van der Waals surface area contributed by atoms with E-state index in [1.54, 1.807) is 11.3 Å². The van der Waals surface area contributed by atoms with Crippen molar-refractivity contribution < 1.29 is 4.42 Å². The minimum atomic E-state index is 0.884. The molecular formula is C6H2OS. The van der Waals surface area contributed by atoms with Crippen molar-refractivity contribution in [3.63, 3.8) is 0 Å². The van der Waals surface area contributed by atoms with E-state index in [0.29, 0.717) is 0 Å². The van der Waals surface area contributed by atoms with E-state index in [1.807, 2.05) is 12.1 Å². The molecule has 2 heterocycles. The molecule has 2 heteroatoms. The van der Waals surface area contributed by atoms with Crippen molar-refractivity contribution in [1.29, 1.82) is 0 Å². The second-order valence-corrected chi connectivity index (χ2v) is 2.34. The molecule has 8 heavy (non-hydrogen) atoms. The number of thiophene rings is 1. The molecule has 1 nitrogen and oxygen atoms in total. The molecule has 0 spiro atoms. The summed E-state index contributed by atoms with van der Waals surface area (Å²) in [5.41, 5.74) is 0.884. The maximum Gasteiger partial charge on any atom is 0.171 e. The monoisotopic (exact) mass is 122 g/mol. The van der Waals surface area contributed by atoms with Crippen LogP contribution in [-0.2, 0) is 0 Å². The van der Waals surface area contributed by atoms with Gasteiger partial charge in [-0.25, -0.2) is 0 Å². The molecule has 0 saturated carbocycles. The van der Waals surface area contributed by atoms with Gasteiger partial charge in [0, 0.05) is 17.5 Å². The van der Waals surface area contributed by atoms with Crippen LogP contribution in [0.15, 0.2) is 16.5 Å². The van der Waals surface area contributed by atoms with Gasteiger partial charge in [-0.05, 0) is 0 Å². The third-order valence-corrected chi connectivity index (χ3v) is 1.74. The maximum absolute atomic E-state index is 4.91. The average molecular weight is 122 g/mol. The van der Waals surface area contributed by atoms with Crippen LogP contribution in [0.5, 0.6) is 0 Å². The van der Waals surface area contributed by atoms with Crippen LogP contribution in [0.25, 0.3) is 10.3 Å². The van der Waals surface area contributed by atoms with Gasteiger partial charge in [0.15, 0.2) is 6.26 Å². The number of fused-ring (bicyclic) bond motifs is 1. The first kappa shape index (κ1) is 4.15. The van der Waals surface area contributed by atoms with Crippen molar-refractivity contribution in [2.45, 2.75) is 0 Å². The van der Waals surface area contributed by atoms with Crippen molar-refractivity contribution in [3.8, 4) is 0 Å². The lowest BCUT2D eigenvalue weighted by atomic mass is 10.5. The maximum atomic E-state index is 4.91. The highest BCUT2D eigenvalue weighted by Gasteiger charge is 1.94.